The molecule has 1 saturated heterocycles. The van der Waals surface area contributed by atoms with Gasteiger partial charge in [0.25, 0.3) is 5.91 Å². The molecule has 0 spiro atoms. The van der Waals surface area contributed by atoms with Crippen LogP contribution < -0.4 is 5.73 Å². The Morgan fingerprint density at radius 2 is 1.94 bits per heavy atom. The van der Waals surface area contributed by atoms with Gasteiger partial charge in [-0.2, -0.15) is 0 Å². The number of nitrogens with zero attached hydrogens (tertiary/aromatic N) is 1. The minimum Gasteiger partial charge on any atom is -0.398 e. The second-order valence-corrected chi connectivity index (χ2v) is 5.84. The van der Waals surface area contributed by atoms with Gasteiger partial charge in [-0.05, 0) is 61.2 Å². The molecule has 98 valence electrons. The van der Waals surface area contributed by atoms with Gasteiger partial charge in [0.1, 0.15) is 0 Å². The van der Waals surface area contributed by atoms with Crippen LogP contribution in [0.15, 0.2) is 22.7 Å². The van der Waals surface area contributed by atoms with Gasteiger partial charge in [-0.25, -0.2) is 0 Å². The second-order valence-electron chi connectivity index (χ2n) is 5.05. The fraction of sp³-hybridized carbons (Fsp3) is 0.500. The van der Waals surface area contributed by atoms with Crippen molar-refractivity contribution < 1.29 is 4.79 Å². The molecule has 1 aromatic carbocycles. The van der Waals surface area contributed by atoms with Gasteiger partial charge in [0.15, 0.2) is 0 Å². The van der Waals surface area contributed by atoms with Gasteiger partial charge in [0.2, 0.25) is 0 Å². The van der Waals surface area contributed by atoms with Crippen LogP contribution in [0.2, 0.25) is 0 Å². The third kappa shape index (κ3) is 2.39. The predicted octanol–water partition coefficient (Wildman–Crippen LogP) is 3.43. The molecule has 2 rings (SSSR count). The molecular weight excluding hydrogens is 292 g/mol. The quantitative estimate of drug-likeness (QED) is 0.808. The standard InChI is InChI=1S/C14H19BrN2O/c1-9-5-3-6-10(2)17(9)14(18)11-7-4-8-12(16)13(11)15/h4,7-10H,3,5-6,16H2,1-2H3. The summed E-state index contributed by atoms with van der Waals surface area (Å²) < 4.78 is 0.708. The van der Waals surface area contributed by atoms with Crippen LogP contribution in [0.3, 0.4) is 0 Å². The molecule has 0 radical (unpaired) electrons. The van der Waals surface area contributed by atoms with E-state index >= 15 is 0 Å². The van der Waals surface area contributed by atoms with Gasteiger partial charge in [0, 0.05) is 17.8 Å². The molecule has 4 heteroatoms. The van der Waals surface area contributed by atoms with Crippen molar-refractivity contribution >= 4 is 27.5 Å². The van der Waals surface area contributed by atoms with E-state index in [1.54, 1.807) is 6.07 Å². The lowest BCUT2D eigenvalue weighted by Crippen LogP contribution is -2.47. The van der Waals surface area contributed by atoms with E-state index in [-0.39, 0.29) is 5.91 Å². The number of carbonyl (C=O) groups excluding carboxylic acids is 1. The Kier molecular flexibility index (Phi) is 3.95. The van der Waals surface area contributed by atoms with Crippen molar-refractivity contribution in [2.24, 2.45) is 0 Å². The first kappa shape index (κ1) is 13.4. The van der Waals surface area contributed by atoms with Crippen LogP contribution in [0.25, 0.3) is 0 Å². The van der Waals surface area contributed by atoms with Crippen molar-refractivity contribution in [1.82, 2.24) is 4.90 Å². The van der Waals surface area contributed by atoms with Crippen LogP contribution in [0.5, 0.6) is 0 Å². The maximum absolute atomic E-state index is 12.6. The molecule has 1 aliphatic heterocycles. The van der Waals surface area contributed by atoms with Crippen LogP contribution >= 0.6 is 15.9 Å². The van der Waals surface area contributed by atoms with Gasteiger partial charge in [-0.1, -0.05) is 6.07 Å². The van der Waals surface area contributed by atoms with Gasteiger partial charge in [-0.3, -0.25) is 4.79 Å². The Morgan fingerprint density at radius 1 is 1.33 bits per heavy atom. The van der Waals surface area contributed by atoms with Gasteiger partial charge in [0.05, 0.1) is 10.0 Å². The monoisotopic (exact) mass is 310 g/mol. The van der Waals surface area contributed by atoms with Crippen LogP contribution in [-0.2, 0) is 0 Å². The smallest absolute Gasteiger partial charge is 0.255 e. The summed E-state index contributed by atoms with van der Waals surface area (Å²) in [5.74, 6) is 0.0777. The molecule has 0 aromatic heterocycles. The summed E-state index contributed by atoms with van der Waals surface area (Å²) in [6.07, 6.45) is 3.36. The zero-order chi connectivity index (χ0) is 13.3. The first-order valence-corrected chi connectivity index (χ1v) is 7.18. The number of halogens is 1. The number of benzene rings is 1. The van der Waals surface area contributed by atoms with Gasteiger partial charge >= 0.3 is 0 Å². The maximum atomic E-state index is 12.6. The number of nitrogens with two attached hydrogens (primary N) is 1. The number of hydrogen-bond donors (Lipinski definition) is 1. The van der Waals surface area contributed by atoms with Gasteiger partial charge < -0.3 is 10.6 Å². The summed E-state index contributed by atoms with van der Waals surface area (Å²) in [5.41, 5.74) is 7.11. The summed E-state index contributed by atoms with van der Waals surface area (Å²) >= 11 is 3.41. The number of carbonyl (C=O) groups is 1. The average molecular weight is 311 g/mol. The Balaban J connectivity index is 2.32. The Morgan fingerprint density at radius 3 is 2.56 bits per heavy atom. The van der Waals surface area contributed by atoms with Crippen molar-refractivity contribution in [3.63, 3.8) is 0 Å². The molecule has 1 fully saturated rings. The van der Waals surface area contributed by atoms with Crippen molar-refractivity contribution in [3.05, 3.63) is 28.2 Å². The fourth-order valence-electron chi connectivity index (χ4n) is 2.68. The zero-order valence-corrected chi connectivity index (χ0v) is 12.4. The third-order valence-corrected chi connectivity index (χ3v) is 4.57. The number of nitrogen functional groups attached to an aromatic ring is 1. The Bertz CT molecular complexity index is 451. The van der Waals surface area contributed by atoms with E-state index in [1.165, 1.54) is 6.42 Å². The molecule has 1 aliphatic rings. The number of amides is 1. The van der Waals surface area contributed by atoms with Crippen LogP contribution in [0.4, 0.5) is 5.69 Å². The van der Waals surface area contributed by atoms with E-state index in [1.807, 2.05) is 17.0 Å². The van der Waals surface area contributed by atoms with E-state index in [4.69, 9.17) is 5.73 Å². The highest BCUT2D eigenvalue weighted by Crippen LogP contribution is 2.29. The molecular formula is C14H19BrN2O. The van der Waals surface area contributed by atoms with Crippen LogP contribution in [-0.4, -0.2) is 22.9 Å². The van der Waals surface area contributed by atoms with Crippen LogP contribution in [0.1, 0.15) is 43.5 Å². The molecule has 0 bridgehead atoms. The first-order valence-electron chi connectivity index (χ1n) is 6.39. The number of anilines is 1. The second kappa shape index (κ2) is 5.31. The van der Waals surface area contributed by atoms with E-state index in [0.29, 0.717) is 27.8 Å². The van der Waals surface area contributed by atoms with E-state index in [0.717, 1.165) is 12.8 Å². The van der Waals surface area contributed by atoms with Crippen LogP contribution in [0, 0.1) is 0 Å². The van der Waals surface area contributed by atoms with E-state index in [2.05, 4.69) is 29.8 Å². The molecule has 1 heterocycles. The normalized spacial score (nSPS) is 24.1. The topological polar surface area (TPSA) is 46.3 Å². The van der Waals surface area contributed by atoms with E-state index in [9.17, 15) is 4.79 Å². The highest BCUT2D eigenvalue weighted by molar-refractivity contribution is 9.10. The lowest BCUT2D eigenvalue weighted by atomic mass is 9.96. The number of piperidine rings is 1. The molecule has 18 heavy (non-hydrogen) atoms. The number of rotatable bonds is 1. The van der Waals surface area contributed by atoms with Crippen molar-refractivity contribution in [3.8, 4) is 0 Å². The lowest BCUT2D eigenvalue weighted by Gasteiger charge is -2.39. The molecule has 1 aromatic rings. The maximum Gasteiger partial charge on any atom is 0.255 e. The summed E-state index contributed by atoms with van der Waals surface area (Å²) in [6.45, 7) is 4.24. The minimum atomic E-state index is 0.0777. The lowest BCUT2D eigenvalue weighted by molar-refractivity contribution is 0.0510. The minimum absolute atomic E-state index is 0.0777. The van der Waals surface area contributed by atoms with E-state index < -0.39 is 0 Å². The number of hydrogen-bond acceptors (Lipinski definition) is 2. The molecule has 2 N–H and O–H groups in total. The first-order chi connectivity index (χ1) is 8.52. The molecule has 0 aliphatic carbocycles. The SMILES string of the molecule is CC1CCCC(C)N1C(=O)c1cccc(N)c1Br. The highest BCUT2D eigenvalue weighted by Gasteiger charge is 2.30. The summed E-state index contributed by atoms with van der Waals surface area (Å²) in [7, 11) is 0. The predicted molar refractivity (Wildman–Crippen MR) is 77.5 cm³/mol. The van der Waals surface area contributed by atoms with Crippen molar-refractivity contribution in [1.29, 1.82) is 0 Å². The molecule has 2 unspecified atom stereocenters. The highest BCUT2D eigenvalue weighted by atomic mass is 79.9. The third-order valence-electron chi connectivity index (χ3n) is 3.69. The van der Waals surface area contributed by atoms with Crippen molar-refractivity contribution in [2.45, 2.75) is 45.2 Å². The van der Waals surface area contributed by atoms with Gasteiger partial charge in [-0.15, -0.1) is 0 Å². The van der Waals surface area contributed by atoms with Crippen molar-refractivity contribution in [2.75, 3.05) is 5.73 Å². The summed E-state index contributed by atoms with van der Waals surface area (Å²) in [4.78, 5) is 14.6. The Labute approximate surface area is 116 Å². The molecule has 0 saturated carbocycles. The molecule has 2 atom stereocenters. The Hall–Kier alpha value is -1.03. The number of likely N-dealkylation sites (tertiary alicyclic amines) is 1. The zero-order valence-electron chi connectivity index (χ0n) is 10.8. The molecule has 3 nitrogen and oxygen atoms in total. The summed E-state index contributed by atoms with van der Waals surface area (Å²) in [5, 5.41) is 0. The summed E-state index contributed by atoms with van der Waals surface area (Å²) in [6, 6.07) is 6.05. The molecule has 1 amide bonds. The largest absolute Gasteiger partial charge is 0.398 e. The fourth-order valence-corrected chi connectivity index (χ4v) is 3.11. The average Bonchev–Trinajstić information content (AvgIpc) is 2.32.